The van der Waals surface area contributed by atoms with Crippen molar-refractivity contribution in [2.45, 2.75) is 13.0 Å². The molecule has 0 unspecified atom stereocenters. The number of halogens is 1. The molecule has 2 aromatic rings. The number of carbonyl (C=O) groups is 1. The Bertz CT molecular complexity index is 685. The number of ether oxygens (including phenoxy) is 1. The van der Waals surface area contributed by atoms with Gasteiger partial charge < -0.3 is 14.5 Å². The lowest BCUT2D eigenvalue weighted by Gasteiger charge is -2.37. The van der Waals surface area contributed by atoms with Crippen molar-refractivity contribution in [1.29, 1.82) is 0 Å². The topological polar surface area (TPSA) is 32.8 Å². The van der Waals surface area contributed by atoms with E-state index in [0.29, 0.717) is 23.9 Å². The summed E-state index contributed by atoms with van der Waals surface area (Å²) in [5, 5.41) is 0.601. The van der Waals surface area contributed by atoms with Crippen LogP contribution >= 0.6 is 11.6 Å². The molecule has 1 atom stereocenters. The number of anilines is 1. The van der Waals surface area contributed by atoms with E-state index in [-0.39, 0.29) is 5.91 Å². The van der Waals surface area contributed by atoms with E-state index >= 15 is 0 Å². The minimum absolute atomic E-state index is 0.0164. The van der Waals surface area contributed by atoms with Gasteiger partial charge in [0, 0.05) is 36.9 Å². The van der Waals surface area contributed by atoms with E-state index < -0.39 is 6.10 Å². The minimum atomic E-state index is -0.522. The lowest BCUT2D eigenvalue weighted by molar-refractivity contribution is -0.138. The first-order valence-electron chi connectivity index (χ1n) is 8.14. The van der Waals surface area contributed by atoms with Gasteiger partial charge in [-0.1, -0.05) is 35.9 Å². The minimum Gasteiger partial charge on any atom is -0.481 e. The second-order valence-electron chi connectivity index (χ2n) is 5.87. The molecule has 1 fully saturated rings. The second-order valence-corrected chi connectivity index (χ2v) is 6.30. The Hall–Kier alpha value is -2.20. The smallest absolute Gasteiger partial charge is 0.263 e. The zero-order valence-corrected chi connectivity index (χ0v) is 14.4. The van der Waals surface area contributed by atoms with Gasteiger partial charge in [0.2, 0.25) is 0 Å². The van der Waals surface area contributed by atoms with Crippen molar-refractivity contribution in [3.8, 4) is 5.75 Å². The van der Waals surface area contributed by atoms with Gasteiger partial charge in [0.25, 0.3) is 5.91 Å². The fraction of sp³-hybridized carbons (Fsp3) is 0.316. The van der Waals surface area contributed by atoms with Crippen LogP contribution in [0.2, 0.25) is 5.02 Å². The van der Waals surface area contributed by atoms with Gasteiger partial charge in [-0.15, -0.1) is 0 Å². The quantitative estimate of drug-likeness (QED) is 0.851. The van der Waals surface area contributed by atoms with E-state index in [2.05, 4.69) is 17.0 Å². The van der Waals surface area contributed by atoms with Crippen molar-refractivity contribution in [3.05, 3.63) is 59.6 Å². The monoisotopic (exact) mass is 344 g/mol. The van der Waals surface area contributed by atoms with E-state index in [1.165, 1.54) is 5.69 Å². The zero-order chi connectivity index (χ0) is 16.9. The van der Waals surface area contributed by atoms with Crippen LogP contribution in [0, 0.1) is 0 Å². The highest BCUT2D eigenvalue weighted by Gasteiger charge is 2.26. The molecule has 1 aliphatic heterocycles. The van der Waals surface area contributed by atoms with Crippen molar-refractivity contribution in [1.82, 2.24) is 4.90 Å². The van der Waals surface area contributed by atoms with Gasteiger partial charge in [0.15, 0.2) is 6.10 Å². The number of carbonyl (C=O) groups excluding carboxylic acids is 1. The highest BCUT2D eigenvalue weighted by Crippen LogP contribution is 2.20. The molecule has 0 bridgehead atoms. The largest absolute Gasteiger partial charge is 0.481 e. The predicted molar refractivity (Wildman–Crippen MR) is 96.8 cm³/mol. The third-order valence-electron chi connectivity index (χ3n) is 4.17. The molecule has 0 aromatic heterocycles. The first kappa shape index (κ1) is 16.7. The van der Waals surface area contributed by atoms with Gasteiger partial charge in [0.1, 0.15) is 5.75 Å². The van der Waals surface area contributed by atoms with Crippen LogP contribution < -0.4 is 9.64 Å². The van der Waals surface area contributed by atoms with Gasteiger partial charge in [0.05, 0.1) is 0 Å². The van der Waals surface area contributed by atoms with Crippen LogP contribution in [-0.4, -0.2) is 43.1 Å². The Morgan fingerprint density at radius 2 is 1.75 bits per heavy atom. The molecule has 0 aliphatic carbocycles. The molecule has 0 spiro atoms. The molecule has 3 rings (SSSR count). The summed E-state index contributed by atoms with van der Waals surface area (Å²) >= 11 is 5.95. The molecule has 0 N–H and O–H groups in total. The maximum atomic E-state index is 12.6. The fourth-order valence-electron chi connectivity index (χ4n) is 2.88. The van der Waals surface area contributed by atoms with Crippen molar-refractivity contribution < 1.29 is 9.53 Å². The lowest BCUT2D eigenvalue weighted by atomic mass is 10.2. The van der Waals surface area contributed by atoms with Crippen LogP contribution in [0.3, 0.4) is 0 Å². The Balaban J connectivity index is 1.55. The van der Waals surface area contributed by atoms with Crippen LogP contribution in [0.15, 0.2) is 54.6 Å². The second kappa shape index (κ2) is 7.58. The Kier molecular flexibility index (Phi) is 5.26. The summed E-state index contributed by atoms with van der Waals surface area (Å²) in [4.78, 5) is 16.7. The molecular formula is C19H21ClN2O2. The van der Waals surface area contributed by atoms with E-state index in [0.717, 1.165) is 13.1 Å². The van der Waals surface area contributed by atoms with Crippen LogP contribution in [-0.2, 0) is 4.79 Å². The number of nitrogens with zero attached hydrogens (tertiary/aromatic N) is 2. The van der Waals surface area contributed by atoms with E-state index in [4.69, 9.17) is 16.3 Å². The summed E-state index contributed by atoms with van der Waals surface area (Å²) in [5.41, 5.74) is 1.20. The van der Waals surface area contributed by atoms with Gasteiger partial charge in [-0.05, 0) is 37.3 Å². The molecule has 1 saturated heterocycles. The standard InChI is InChI=1S/C19H21ClN2O2/c1-15(24-18-9-5-6-16(20)14-18)19(23)22-12-10-21(11-13-22)17-7-3-2-4-8-17/h2-9,14-15H,10-13H2,1H3/t15-/m1/s1. The molecule has 0 saturated carbocycles. The summed E-state index contributed by atoms with van der Waals surface area (Å²) < 4.78 is 5.73. The summed E-state index contributed by atoms with van der Waals surface area (Å²) in [6, 6.07) is 17.4. The van der Waals surface area contributed by atoms with Gasteiger partial charge in [-0.25, -0.2) is 0 Å². The maximum Gasteiger partial charge on any atom is 0.263 e. The summed E-state index contributed by atoms with van der Waals surface area (Å²) in [5.74, 6) is 0.633. The average Bonchev–Trinajstić information content (AvgIpc) is 2.62. The Morgan fingerprint density at radius 1 is 1.04 bits per heavy atom. The molecule has 1 amide bonds. The third kappa shape index (κ3) is 4.01. The Labute approximate surface area is 147 Å². The van der Waals surface area contributed by atoms with Crippen molar-refractivity contribution in [2.24, 2.45) is 0 Å². The zero-order valence-electron chi connectivity index (χ0n) is 13.7. The van der Waals surface area contributed by atoms with Crippen LogP contribution in [0.5, 0.6) is 5.75 Å². The lowest BCUT2D eigenvalue weighted by Crippen LogP contribution is -2.52. The summed E-state index contributed by atoms with van der Waals surface area (Å²) in [7, 11) is 0. The summed E-state index contributed by atoms with van der Waals surface area (Å²) in [6.07, 6.45) is -0.522. The highest BCUT2D eigenvalue weighted by atomic mass is 35.5. The number of hydrogen-bond acceptors (Lipinski definition) is 3. The number of hydrogen-bond donors (Lipinski definition) is 0. The molecule has 2 aromatic carbocycles. The molecule has 126 valence electrons. The number of rotatable bonds is 4. The van der Waals surface area contributed by atoms with Crippen LogP contribution in [0.1, 0.15) is 6.92 Å². The van der Waals surface area contributed by atoms with E-state index in [1.54, 1.807) is 19.1 Å². The SMILES string of the molecule is C[C@@H](Oc1cccc(Cl)c1)C(=O)N1CCN(c2ccccc2)CC1. The van der Waals surface area contributed by atoms with Gasteiger partial charge in [-0.3, -0.25) is 4.79 Å². The van der Waals surface area contributed by atoms with Gasteiger partial charge >= 0.3 is 0 Å². The van der Waals surface area contributed by atoms with Crippen molar-refractivity contribution in [2.75, 3.05) is 31.1 Å². The first-order chi connectivity index (χ1) is 11.6. The van der Waals surface area contributed by atoms with Crippen molar-refractivity contribution in [3.63, 3.8) is 0 Å². The number of benzene rings is 2. The van der Waals surface area contributed by atoms with E-state index in [1.807, 2.05) is 35.2 Å². The van der Waals surface area contributed by atoms with Gasteiger partial charge in [-0.2, -0.15) is 0 Å². The molecular weight excluding hydrogens is 324 g/mol. The maximum absolute atomic E-state index is 12.6. The Morgan fingerprint density at radius 3 is 2.42 bits per heavy atom. The predicted octanol–water partition coefficient (Wildman–Crippen LogP) is 3.46. The number of piperazine rings is 1. The average molecular weight is 345 g/mol. The molecule has 1 heterocycles. The molecule has 5 heteroatoms. The number of amides is 1. The van der Waals surface area contributed by atoms with Crippen molar-refractivity contribution >= 4 is 23.2 Å². The molecule has 0 radical (unpaired) electrons. The third-order valence-corrected chi connectivity index (χ3v) is 4.40. The normalized spacial score (nSPS) is 15.9. The summed E-state index contributed by atoms with van der Waals surface area (Å²) in [6.45, 7) is 4.86. The number of para-hydroxylation sites is 1. The molecule has 4 nitrogen and oxygen atoms in total. The van der Waals surface area contributed by atoms with Crippen LogP contribution in [0.25, 0.3) is 0 Å². The first-order valence-corrected chi connectivity index (χ1v) is 8.52. The molecule has 1 aliphatic rings. The molecule has 24 heavy (non-hydrogen) atoms. The highest BCUT2D eigenvalue weighted by molar-refractivity contribution is 6.30. The fourth-order valence-corrected chi connectivity index (χ4v) is 3.06. The van der Waals surface area contributed by atoms with Crippen LogP contribution in [0.4, 0.5) is 5.69 Å². The van der Waals surface area contributed by atoms with E-state index in [9.17, 15) is 4.79 Å².